The number of hydrogen-bond acceptors (Lipinski definition) is 4. The molecule has 4 nitrogen and oxygen atoms in total. The Bertz CT molecular complexity index is 179. The van der Waals surface area contributed by atoms with E-state index in [4.69, 9.17) is 0 Å². The Hall–Kier alpha value is -0.160. The van der Waals surface area contributed by atoms with Gasteiger partial charge in [-0.15, -0.1) is 0 Å². The fourth-order valence-corrected chi connectivity index (χ4v) is 2.16. The number of nitrogens with zero attached hydrogens (tertiary/aromatic N) is 1. The minimum atomic E-state index is -0.804. The Balaban J connectivity index is 4.71. The van der Waals surface area contributed by atoms with Gasteiger partial charge in [0.15, 0.2) is 0 Å². The first kappa shape index (κ1) is 17.8. The highest BCUT2D eigenvalue weighted by Crippen LogP contribution is 2.25. The molecule has 18 heavy (non-hydrogen) atoms. The van der Waals surface area contributed by atoms with Crippen LogP contribution in [-0.4, -0.2) is 59.2 Å². The van der Waals surface area contributed by atoms with Crippen molar-refractivity contribution in [3.8, 4) is 0 Å². The highest BCUT2D eigenvalue weighted by molar-refractivity contribution is 4.89. The van der Waals surface area contributed by atoms with Crippen LogP contribution in [0, 0.1) is 5.41 Å². The summed E-state index contributed by atoms with van der Waals surface area (Å²) in [6.45, 7) is 7.66. The standard InChI is InChI=1S/C14H31NO3/c1-4-6-8-15(9-7-5-2)13(3)14(10-16,11-17)12-18/h13,16-18H,4-12H2,1-3H3. The zero-order valence-corrected chi connectivity index (χ0v) is 12.2. The number of hydrogen-bond donors (Lipinski definition) is 3. The topological polar surface area (TPSA) is 63.9 Å². The van der Waals surface area contributed by atoms with E-state index in [1.807, 2.05) is 6.92 Å². The largest absolute Gasteiger partial charge is 0.396 e. The number of aliphatic hydroxyl groups excluding tert-OH is 3. The normalized spacial score (nSPS) is 14.2. The van der Waals surface area contributed by atoms with Crippen molar-refractivity contribution in [2.45, 2.75) is 52.5 Å². The smallest absolute Gasteiger partial charge is 0.0549 e. The minimum Gasteiger partial charge on any atom is -0.396 e. The molecule has 110 valence electrons. The van der Waals surface area contributed by atoms with Crippen LogP contribution in [0.25, 0.3) is 0 Å². The van der Waals surface area contributed by atoms with Crippen molar-refractivity contribution in [2.24, 2.45) is 5.41 Å². The third kappa shape index (κ3) is 4.84. The zero-order valence-electron chi connectivity index (χ0n) is 12.2. The Kier molecular flexibility index (Phi) is 9.64. The fourth-order valence-electron chi connectivity index (χ4n) is 2.16. The predicted molar refractivity (Wildman–Crippen MR) is 74.5 cm³/mol. The van der Waals surface area contributed by atoms with Gasteiger partial charge in [0.25, 0.3) is 0 Å². The molecule has 0 aromatic carbocycles. The summed E-state index contributed by atoms with van der Waals surface area (Å²) in [7, 11) is 0. The summed E-state index contributed by atoms with van der Waals surface area (Å²) in [4.78, 5) is 2.29. The van der Waals surface area contributed by atoms with E-state index in [0.29, 0.717) is 0 Å². The molecule has 0 aromatic heterocycles. The molecule has 0 aliphatic heterocycles. The van der Waals surface area contributed by atoms with Crippen molar-refractivity contribution in [2.75, 3.05) is 32.9 Å². The van der Waals surface area contributed by atoms with Gasteiger partial charge in [0.05, 0.1) is 25.2 Å². The molecule has 0 saturated heterocycles. The third-order valence-electron chi connectivity index (χ3n) is 3.98. The summed E-state index contributed by atoms with van der Waals surface area (Å²) in [6.07, 6.45) is 4.46. The third-order valence-corrected chi connectivity index (χ3v) is 3.98. The lowest BCUT2D eigenvalue weighted by molar-refractivity contribution is -0.0553. The van der Waals surface area contributed by atoms with Crippen LogP contribution in [0.1, 0.15) is 46.5 Å². The van der Waals surface area contributed by atoms with Crippen molar-refractivity contribution in [3.05, 3.63) is 0 Å². The van der Waals surface area contributed by atoms with Crippen LogP contribution in [-0.2, 0) is 0 Å². The zero-order chi connectivity index (χ0) is 14.0. The van der Waals surface area contributed by atoms with Crippen LogP contribution in [0.4, 0.5) is 0 Å². The van der Waals surface area contributed by atoms with E-state index in [1.165, 1.54) is 0 Å². The van der Waals surface area contributed by atoms with Gasteiger partial charge in [0.1, 0.15) is 0 Å². The van der Waals surface area contributed by atoms with Crippen LogP contribution < -0.4 is 0 Å². The summed E-state index contributed by atoms with van der Waals surface area (Å²) < 4.78 is 0. The lowest BCUT2D eigenvalue weighted by Crippen LogP contribution is -2.53. The molecule has 0 heterocycles. The molecular weight excluding hydrogens is 230 g/mol. The van der Waals surface area contributed by atoms with E-state index < -0.39 is 5.41 Å². The Morgan fingerprint density at radius 3 is 1.56 bits per heavy atom. The monoisotopic (exact) mass is 261 g/mol. The Labute approximate surface area is 112 Å². The molecule has 0 spiro atoms. The second-order valence-electron chi connectivity index (χ2n) is 5.26. The molecule has 0 radical (unpaired) electrons. The summed E-state index contributed by atoms with van der Waals surface area (Å²) in [5.74, 6) is 0. The molecule has 0 rings (SSSR count). The maximum Gasteiger partial charge on any atom is 0.0549 e. The predicted octanol–water partition coefficient (Wildman–Crippen LogP) is 1.24. The van der Waals surface area contributed by atoms with Crippen LogP contribution in [0.2, 0.25) is 0 Å². The summed E-state index contributed by atoms with van der Waals surface area (Å²) >= 11 is 0. The first-order valence-corrected chi connectivity index (χ1v) is 7.18. The van der Waals surface area contributed by atoms with Gasteiger partial charge in [-0.25, -0.2) is 0 Å². The molecule has 0 aliphatic rings. The molecular formula is C14H31NO3. The molecule has 3 N–H and O–H groups in total. The molecule has 4 heteroatoms. The molecule has 1 unspecified atom stereocenters. The number of unbranched alkanes of at least 4 members (excludes halogenated alkanes) is 2. The summed E-state index contributed by atoms with van der Waals surface area (Å²) in [5, 5.41) is 28.5. The van der Waals surface area contributed by atoms with Gasteiger partial charge in [0.2, 0.25) is 0 Å². The second-order valence-corrected chi connectivity index (χ2v) is 5.26. The van der Waals surface area contributed by atoms with E-state index in [1.54, 1.807) is 0 Å². The van der Waals surface area contributed by atoms with E-state index in [2.05, 4.69) is 18.7 Å². The van der Waals surface area contributed by atoms with E-state index in [-0.39, 0.29) is 25.9 Å². The summed E-state index contributed by atoms with van der Waals surface area (Å²) in [6, 6.07) is -0.0180. The highest BCUT2D eigenvalue weighted by Gasteiger charge is 2.37. The molecule has 0 aromatic rings. The van der Waals surface area contributed by atoms with Gasteiger partial charge in [-0.2, -0.15) is 0 Å². The molecule has 0 fully saturated rings. The van der Waals surface area contributed by atoms with Crippen molar-refractivity contribution >= 4 is 0 Å². The van der Waals surface area contributed by atoms with Crippen LogP contribution >= 0.6 is 0 Å². The molecule has 0 aliphatic carbocycles. The van der Waals surface area contributed by atoms with Gasteiger partial charge in [-0.3, -0.25) is 4.90 Å². The lowest BCUT2D eigenvalue weighted by atomic mass is 9.82. The maximum absolute atomic E-state index is 9.50. The summed E-state index contributed by atoms with van der Waals surface area (Å²) in [5.41, 5.74) is -0.804. The molecule has 0 bridgehead atoms. The highest BCUT2D eigenvalue weighted by atomic mass is 16.3. The lowest BCUT2D eigenvalue weighted by Gasteiger charge is -2.41. The Morgan fingerprint density at radius 1 is 0.889 bits per heavy atom. The van der Waals surface area contributed by atoms with Crippen molar-refractivity contribution in [3.63, 3.8) is 0 Å². The quantitative estimate of drug-likeness (QED) is 0.523. The molecule has 0 amide bonds. The molecule has 1 atom stereocenters. The number of rotatable bonds is 11. The first-order valence-electron chi connectivity index (χ1n) is 7.18. The van der Waals surface area contributed by atoms with Crippen molar-refractivity contribution < 1.29 is 15.3 Å². The van der Waals surface area contributed by atoms with Crippen molar-refractivity contribution in [1.82, 2.24) is 4.90 Å². The van der Waals surface area contributed by atoms with E-state index in [0.717, 1.165) is 38.8 Å². The molecule has 0 saturated carbocycles. The number of aliphatic hydroxyl groups is 3. The maximum atomic E-state index is 9.50. The minimum absolute atomic E-state index is 0.0180. The average Bonchev–Trinajstić information content (AvgIpc) is 2.41. The van der Waals surface area contributed by atoms with Gasteiger partial charge in [0, 0.05) is 6.04 Å². The van der Waals surface area contributed by atoms with Gasteiger partial charge >= 0.3 is 0 Å². The van der Waals surface area contributed by atoms with Crippen LogP contribution in [0.5, 0.6) is 0 Å². The van der Waals surface area contributed by atoms with Crippen LogP contribution in [0.3, 0.4) is 0 Å². The van der Waals surface area contributed by atoms with Crippen LogP contribution in [0.15, 0.2) is 0 Å². The van der Waals surface area contributed by atoms with Gasteiger partial charge < -0.3 is 15.3 Å². The second kappa shape index (κ2) is 9.73. The average molecular weight is 261 g/mol. The van der Waals surface area contributed by atoms with Crippen molar-refractivity contribution in [1.29, 1.82) is 0 Å². The fraction of sp³-hybridized carbons (Fsp3) is 1.00. The van der Waals surface area contributed by atoms with Gasteiger partial charge in [-0.05, 0) is 32.9 Å². The first-order chi connectivity index (χ1) is 8.61. The van der Waals surface area contributed by atoms with E-state index >= 15 is 0 Å². The van der Waals surface area contributed by atoms with Gasteiger partial charge in [-0.1, -0.05) is 26.7 Å². The SMILES string of the molecule is CCCCN(CCCC)C(C)C(CO)(CO)CO. The Morgan fingerprint density at radius 2 is 1.28 bits per heavy atom. The van der Waals surface area contributed by atoms with E-state index in [9.17, 15) is 15.3 Å².